The third kappa shape index (κ3) is 4.85. The molecule has 0 aliphatic carbocycles. The van der Waals surface area contributed by atoms with E-state index in [4.69, 9.17) is 0 Å². The quantitative estimate of drug-likeness (QED) is 0.813. The van der Waals surface area contributed by atoms with Crippen molar-refractivity contribution in [2.45, 2.75) is 44.9 Å². The first-order chi connectivity index (χ1) is 13.7. The van der Waals surface area contributed by atoms with Gasteiger partial charge in [0.25, 0.3) is 0 Å². The number of sulfone groups is 1. The first kappa shape index (κ1) is 21.0. The number of benzene rings is 2. The van der Waals surface area contributed by atoms with E-state index in [1.165, 1.54) is 13.0 Å². The van der Waals surface area contributed by atoms with Crippen molar-refractivity contribution in [2.75, 3.05) is 22.5 Å². The average Bonchev–Trinajstić information content (AvgIpc) is 2.68. The Morgan fingerprint density at radius 2 is 1.83 bits per heavy atom. The molecule has 1 N–H and O–H groups in total. The maximum Gasteiger partial charge on any atom is 0.225 e. The Balaban J connectivity index is 1.68. The van der Waals surface area contributed by atoms with Crippen LogP contribution in [0.4, 0.5) is 11.4 Å². The van der Waals surface area contributed by atoms with Gasteiger partial charge in [-0.05, 0) is 73.7 Å². The predicted molar refractivity (Wildman–Crippen MR) is 114 cm³/mol. The first-order valence-electron chi connectivity index (χ1n) is 9.68. The van der Waals surface area contributed by atoms with Gasteiger partial charge in [0.05, 0.1) is 10.6 Å². The Bertz CT molecular complexity index is 1060. The maximum atomic E-state index is 12.7. The zero-order chi connectivity index (χ0) is 21.2. The highest BCUT2D eigenvalue weighted by Gasteiger charge is 2.23. The molecule has 3 rings (SSSR count). The van der Waals surface area contributed by atoms with Gasteiger partial charge in [-0.25, -0.2) is 8.42 Å². The molecular weight excluding hydrogens is 388 g/mol. The van der Waals surface area contributed by atoms with Crippen LogP contribution >= 0.6 is 0 Å². The number of amides is 2. The number of hydrogen-bond acceptors (Lipinski definition) is 4. The number of hydrogen-bond donors (Lipinski definition) is 1. The van der Waals surface area contributed by atoms with Gasteiger partial charge in [-0.15, -0.1) is 0 Å². The molecule has 0 aromatic heterocycles. The summed E-state index contributed by atoms with van der Waals surface area (Å²) in [5.41, 5.74) is 4.47. The molecule has 2 amide bonds. The van der Waals surface area contributed by atoms with Gasteiger partial charge in [0.15, 0.2) is 9.84 Å². The van der Waals surface area contributed by atoms with Gasteiger partial charge in [-0.3, -0.25) is 9.59 Å². The number of carbonyl (C=O) groups is 2. The zero-order valence-electron chi connectivity index (χ0n) is 17.0. The van der Waals surface area contributed by atoms with E-state index >= 15 is 0 Å². The molecule has 0 saturated carbocycles. The Kier molecular flexibility index (Phi) is 6.07. The molecule has 0 spiro atoms. The smallest absolute Gasteiger partial charge is 0.225 e. The summed E-state index contributed by atoms with van der Waals surface area (Å²) in [6.45, 7) is 6.10. The molecule has 0 saturated heterocycles. The lowest BCUT2D eigenvalue weighted by atomic mass is 10.0. The van der Waals surface area contributed by atoms with Crippen molar-refractivity contribution in [3.8, 4) is 0 Å². The summed E-state index contributed by atoms with van der Waals surface area (Å²) in [4.78, 5) is 25.9. The summed E-state index contributed by atoms with van der Waals surface area (Å²) < 4.78 is 25.5. The number of carbonyl (C=O) groups excluding carboxylic acids is 2. The van der Waals surface area contributed by atoms with Gasteiger partial charge in [-0.1, -0.05) is 6.07 Å². The highest BCUT2D eigenvalue weighted by atomic mass is 32.2. The van der Waals surface area contributed by atoms with Crippen LogP contribution in [0.25, 0.3) is 0 Å². The summed E-state index contributed by atoms with van der Waals surface area (Å²) in [6.07, 6.45) is 1.41. The van der Waals surface area contributed by atoms with Crippen LogP contribution in [0.5, 0.6) is 0 Å². The molecule has 29 heavy (non-hydrogen) atoms. The molecule has 0 radical (unpaired) electrons. The van der Waals surface area contributed by atoms with E-state index in [1.807, 2.05) is 26.0 Å². The fourth-order valence-corrected chi connectivity index (χ4v) is 4.77. The van der Waals surface area contributed by atoms with Crippen molar-refractivity contribution < 1.29 is 18.0 Å². The fraction of sp³-hybridized carbons (Fsp3) is 0.364. The highest BCUT2D eigenvalue weighted by Crippen LogP contribution is 2.30. The molecule has 154 valence electrons. The third-order valence-corrected chi connectivity index (χ3v) is 7.01. The van der Waals surface area contributed by atoms with E-state index in [1.54, 1.807) is 23.1 Å². The van der Waals surface area contributed by atoms with Crippen molar-refractivity contribution in [3.63, 3.8) is 0 Å². The Hall–Kier alpha value is -2.67. The predicted octanol–water partition coefficient (Wildman–Crippen LogP) is 3.41. The summed E-state index contributed by atoms with van der Waals surface area (Å²) in [5.74, 6) is -0.652. The SMILES string of the molecule is CC(=O)N1CCCc2cc(S(=O)(=O)CCC(=O)Nc3ccc(C)c(C)c3)ccc21. The molecule has 2 aromatic rings. The standard InChI is InChI=1S/C22H26N2O4S/c1-15-6-7-19(13-16(15)2)23-22(26)10-12-29(27,28)20-8-9-21-18(14-20)5-4-11-24(21)17(3)25/h6-9,13-14H,4-5,10-12H2,1-3H3,(H,23,26). The van der Waals surface area contributed by atoms with Gasteiger partial charge in [0.1, 0.15) is 0 Å². The van der Waals surface area contributed by atoms with Gasteiger partial charge in [0.2, 0.25) is 11.8 Å². The Morgan fingerprint density at radius 3 is 2.52 bits per heavy atom. The number of anilines is 2. The maximum absolute atomic E-state index is 12.7. The van der Waals surface area contributed by atoms with Gasteiger partial charge < -0.3 is 10.2 Å². The Labute approximate surface area is 171 Å². The van der Waals surface area contributed by atoms with Crippen LogP contribution in [0, 0.1) is 13.8 Å². The lowest BCUT2D eigenvalue weighted by Gasteiger charge is -2.28. The van der Waals surface area contributed by atoms with Crippen molar-refractivity contribution in [3.05, 3.63) is 53.1 Å². The monoisotopic (exact) mass is 414 g/mol. The fourth-order valence-electron chi connectivity index (χ4n) is 3.48. The molecule has 0 fully saturated rings. The molecule has 0 bridgehead atoms. The largest absolute Gasteiger partial charge is 0.326 e. The van der Waals surface area contributed by atoms with Gasteiger partial charge >= 0.3 is 0 Å². The van der Waals surface area contributed by atoms with Crippen LogP contribution in [0.3, 0.4) is 0 Å². The van der Waals surface area contributed by atoms with E-state index in [2.05, 4.69) is 5.32 Å². The number of fused-ring (bicyclic) bond motifs is 1. The van der Waals surface area contributed by atoms with Crippen molar-refractivity contribution in [1.29, 1.82) is 0 Å². The molecule has 1 aliphatic heterocycles. The molecule has 0 unspecified atom stereocenters. The summed E-state index contributed by atoms with van der Waals surface area (Å²) in [5, 5.41) is 2.75. The molecule has 1 heterocycles. The summed E-state index contributed by atoms with van der Waals surface area (Å²) in [7, 11) is -3.60. The minimum Gasteiger partial charge on any atom is -0.326 e. The lowest BCUT2D eigenvalue weighted by Crippen LogP contribution is -2.33. The number of rotatable bonds is 5. The van der Waals surface area contributed by atoms with Crippen LogP contribution < -0.4 is 10.2 Å². The lowest BCUT2D eigenvalue weighted by molar-refractivity contribution is -0.117. The van der Waals surface area contributed by atoms with Crippen molar-refractivity contribution in [2.24, 2.45) is 0 Å². The molecule has 6 nitrogen and oxygen atoms in total. The van der Waals surface area contributed by atoms with Gasteiger partial charge in [-0.2, -0.15) is 0 Å². The third-order valence-electron chi connectivity index (χ3n) is 5.30. The molecular formula is C22H26N2O4S. The van der Waals surface area contributed by atoms with Crippen LogP contribution in [-0.4, -0.2) is 32.5 Å². The number of nitrogens with one attached hydrogen (secondary N) is 1. The number of aryl methyl sites for hydroxylation is 3. The average molecular weight is 415 g/mol. The topological polar surface area (TPSA) is 83.6 Å². The molecule has 0 atom stereocenters. The molecule has 2 aromatic carbocycles. The van der Waals surface area contributed by atoms with E-state index < -0.39 is 9.84 Å². The zero-order valence-corrected chi connectivity index (χ0v) is 17.8. The van der Waals surface area contributed by atoms with Crippen LogP contribution in [0.2, 0.25) is 0 Å². The van der Waals surface area contributed by atoms with Crippen molar-refractivity contribution in [1.82, 2.24) is 0 Å². The van der Waals surface area contributed by atoms with Crippen molar-refractivity contribution >= 4 is 33.0 Å². The minimum absolute atomic E-state index is 0.0513. The summed E-state index contributed by atoms with van der Waals surface area (Å²) in [6, 6.07) is 10.4. The van der Waals surface area contributed by atoms with Crippen LogP contribution in [0.1, 0.15) is 36.5 Å². The van der Waals surface area contributed by atoms with E-state index in [-0.39, 0.29) is 28.9 Å². The Morgan fingerprint density at radius 1 is 1.07 bits per heavy atom. The van der Waals surface area contributed by atoms with E-state index in [0.29, 0.717) is 12.2 Å². The highest BCUT2D eigenvalue weighted by molar-refractivity contribution is 7.91. The normalized spacial score (nSPS) is 13.7. The molecule has 1 aliphatic rings. The van der Waals surface area contributed by atoms with E-state index in [9.17, 15) is 18.0 Å². The first-order valence-corrected chi connectivity index (χ1v) is 11.3. The number of nitrogens with zero attached hydrogens (tertiary/aromatic N) is 1. The molecule has 7 heteroatoms. The second-order valence-electron chi connectivity index (χ2n) is 7.48. The van der Waals surface area contributed by atoms with Crippen LogP contribution in [0.15, 0.2) is 41.3 Å². The second-order valence-corrected chi connectivity index (χ2v) is 9.59. The minimum atomic E-state index is -3.60. The van der Waals surface area contributed by atoms with Crippen LogP contribution in [-0.2, 0) is 25.8 Å². The second kappa shape index (κ2) is 8.37. The summed E-state index contributed by atoms with van der Waals surface area (Å²) >= 11 is 0. The van der Waals surface area contributed by atoms with Gasteiger partial charge in [0, 0.05) is 31.3 Å². The van der Waals surface area contributed by atoms with E-state index in [0.717, 1.165) is 35.2 Å².